The van der Waals surface area contributed by atoms with Crippen LogP contribution in [0.2, 0.25) is 0 Å². The number of nitrogens with two attached hydrogens (primary N) is 1. The molecule has 19 heteroatoms. The maximum Gasteiger partial charge on any atom is 1.00 e. The number of ether oxygens (including phenoxy) is 11. The standard InChI is InChI=1S/C33H37NO3.C19H25NO2.2C18H23NO2.C15H15ClO.C3H9NO.CH4.B.Na.H/c1-35-25-22-34(23-26-36-32(28-14-6-2-7-15-28)29-16-8-3-9-17-29)24-27-37-33(30-18-10-4-11-19-30)31-20-12-5-13-21-31;1-20(13-15-21-2)14-16-22-19(17-9-5-3-6-10-17)18-11-7-4-8-12-18;2*1-20-14-12-19-13-15-21-18(16-8-4-2-5-9-16)17-10-6-3-7-11-17;16-11-12-17-15(13-7-3-1-4-8-13)14-9-5-2-6-10-14;1-5-3-2-4;;;;/h2-21,32-33H,22-27H2,1H3;3-12,19H,13-16H2,1-2H3;2*2-11,18-19H,12-15H2,1H3;1-10,15H,11-12H2;2-4H2,1H3;1H4;;;/q;;;;;;;;+1;-1. The van der Waals surface area contributed by atoms with Crippen molar-refractivity contribution in [2.75, 3.05) is 187 Å². The van der Waals surface area contributed by atoms with Crippen LogP contribution < -0.4 is 45.9 Å². The Morgan fingerprint density at radius 2 is 0.421 bits per heavy atom. The summed E-state index contributed by atoms with van der Waals surface area (Å²) in [7, 11) is 10.6. The van der Waals surface area contributed by atoms with Gasteiger partial charge in [0.15, 0.2) is 0 Å². The minimum atomic E-state index is -0.0940. The number of halogens is 1. The summed E-state index contributed by atoms with van der Waals surface area (Å²) >= 11 is 5.70. The second kappa shape index (κ2) is 72.3. The number of likely N-dealkylation sites (N-methyl/N-ethyl adjacent to an activating group) is 1. The van der Waals surface area contributed by atoms with Crippen LogP contribution in [0.1, 0.15) is 112 Å². The Labute approximate surface area is 785 Å². The normalized spacial score (nSPS) is 10.8. The molecule has 0 saturated heterocycles. The van der Waals surface area contributed by atoms with Crippen molar-refractivity contribution in [1.82, 2.24) is 20.4 Å². The van der Waals surface area contributed by atoms with E-state index in [1.54, 1.807) is 35.5 Å². The van der Waals surface area contributed by atoms with Gasteiger partial charge in [0.1, 0.15) is 36.6 Å². The Morgan fingerprint density at radius 3 is 0.611 bits per heavy atom. The third kappa shape index (κ3) is 44.9. The maximum atomic E-state index is 6.47. The van der Waals surface area contributed by atoms with E-state index in [1.165, 1.54) is 33.4 Å². The van der Waals surface area contributed by atoms with Crippen LogP contribution >= 0.6 is 11.6 Å². The number of hydrogen-bond acceptors (Lipinski definition) is 16. The van der Waals surface area contributed by atoms with Crippen molar-refractivity contribution in [1.29, 1.82) is 0 Å². The van der Waals surface area contributed by atoms with Gasteiger partial charge in [0, 0.05) is 115 Å². The predicted octanol–water partition coefficient (Wildman–Crippen LogP) is 17.0. The van der Waals surface area contributed by atoms with E-state index >= 15 is 0 Å². The van der Waals surface area contributed by atoms with Crippen molar-refractivity contribution >= 4 is 20.0 Å². The number of benzene rings is 12. The first-order chi connectivity index (χ1) is 60.8. The van der Waals surface area contributed by atoms with E-state index in [0.29, 0.717) is 65.3 Å². The number of alkyl halides is 1. The van der Waals surface area contributed by atoms with Gasteiger partial charge >= 0.3 is 29.6 Å². The van der Waals surface area contributed by atoms with Crippen LogP contribution in [0.3, 0.4) is 0 Å². The Morgan fingerprint density at radius 1 is 0.254 bits per heavy atom. The summed E-state index contributed by atoms with van der Waals surface area (Å²) in [5.74, 6) is 0.510. The predicted molar refractivity (Wildman–Crippen MR) is 517 cm³/mol. The Kier molecular flexibility index (Phi) is 62.9. The molecular weight excluding hydrogens is 1600 g/mol. The van der Waals surface area contributed by atoms with Crippen molar-refractivity contribution in [3.63, 3.8) is 0 Å². The van der Waals surface area contributed by atoms with Gasteiger partial charge < -0.3 is 74.8 Å². The van der Waals surface area contributed by atoms with Gasteiger partial charge in [-0.2, -0.15) is 0 Å². The number of nitrogens with one attached hydrogen (secondary N) is 2. The summed E-state index contributed by atoms with van der Waals surface area (Å²) in [6, 6.07) is 124. The van der Waals surface area contributed by atoms with E-state index in [1.807, 2.05) is 146 Å². The summed E-state index contributed by atoms with van der Waals surface area (Å²) in [5.41, 5.74) is 19.1. The molecule has 0 aliphatic carbocycles. The zero-order chi connectivity index (χ0) is 86.7. The Bertz CT molecular complexity index is 3980. The Balaban J connectivity index is 0.000000411. The molecule has 0 saturated carbocycles. The quantitative estimate of drug-likeness (QED) is 0.0188. The maximum absolute atomic E-state index is 6.47. The molecule has 0 aromatic heterocycles. The molecule has 0 fully saturated rings. The minimum Gasteiger partial charge on any atom is -1.00 e. The van der Waals surface area contributed by atoms with Crippen LogP contribution in [-0.4, -0.2) is 205 Å². The van der Waals surface area contributed by atoms with Crippen molar-refractivity contribution in [3.8, 4) is 0 Å². The second-order valence-corrected chi connectivity index (χ2v) is 28.9. The van der Waals surface area contributed by atoms with Gasteiger partial charge in [0.25, 0.3) is 0 Å². The molecule has 16 nitrogen and oxygen atoms in total. The van der Waals surface area contributed by atoms with Crippen LogP contribution in [0.4, 0.5) is 0 Å². The van der Waals surface area contributed by atoms with Crippen molar-refractivity contribution < 1.29 is 83.1 Å². The number of hydrogen-bond donors (Lipinski definition) is 3. The van der Waals surface area contributed by atoms with E-state index in [0.717, 1.165) is 112 Å². The molecule has 12 aromatic rings. The van der Waals surface area contributed by atoms with Gasteiger partial charge in [-0.3, -0.25) is 4.90 Å². The van der Waals surface area contributed by atoms with Gasteiger partial charge in [-0.15, -0.1) is 11.6 Å². The van der Waals surface area contributed by atoms with Gasteiger partial charge in [0.05, 0.1) is 72.7 Å². The smallest absolute Gasteiger partial charge is 1.00 e. The molecule has 12 aromatic carbocycles. The van der Waals surface area contributed by atoms with Gasteiger partial charge in [-0.25, -0.2) is 0 Å². The summed E-state index contributed by atoms with van der Waals surface area (Å²) in [6.45, 7) is 15.5. The molecule has 3 radical (unpaired) electrons. The zero-order valence-electron chi connectivity index (χ0n) is 75.6. The topological polar surface area (TPSA) is 158 Å². The minimum absolute atomic E-state index is 0. The number of rotatable bonds is 49. The first kappa shape index (κ1) is 110. The number of methoxy groups -OCH3 is 5. The first-order valence-electron chi connectivity index (χ1n) is 42.6. The molecule has 0 atom stereocenters. The third-order valence-corrected chi connectivity index (χ3v) is 19.6. The van der Waals surface area contributed by atoms with Crippen LogP contribution in [0, 0.1) is 0 Å². The fourth-order valence-electron chi connectivity index (χ4n) is 13.1. The fraction of sp³-hybridized carbons (Fsp3) is 0.327. The molecule has 0 unspecified atom stereocenters. The molecule has 0 aliphatic heterocycles. The van der Waals surface area contributed by atoms with Gasteiger partial charge in [-0.1, -0.05) is 371 Å². The summed E-state index contributed by atoms with van der Waals surface area (Å²) < 4.78 is 62.2. The van der Waals surface area contributed by atoms with Crippen LogP contribution in [-0.2, 0) is 52.1 Å². The summed E-state index contributed by atoms with van der Waals surface area (Å²) in [4.78, 5) is 4.57. The zero-order valence-corrected chi connectivity index (χ0v) is 77.3. The van der Waals surface area contributed by atoms with E-state index in [-0.39, 0.29) is 83.4 Å². The van der Waals surface area contributed by atoms with Crippen LogP contribution in [0.15, 0.2) is 364 Å². The second-order valence-electron chi connectivity index (χ2n) is 28.5. The van der Waals surface area contributed by atoms with Gasteiger partial charge in [0.2, 0.25) is 0 Å². The molecule has 0 spiro atoms. The summed E-state index contributed by atoms with van der Waals surface area (Å²) in [6.07, 6.45) is -0.269. The van der Waals surface area contributed by atoms with Crippen molar-refractivity contribution in [2.45, 2.75) is 44.1 Å². The largest absolute Gasteiger partial charge is 1.00 e. The first-order valence-corrected chi connectivity index (χ1v) is 43.2. The van der Waals surface area contributed by atoms with Crippen LogP contribution in [0.25, 0.3) is 0 Å². The van der Waals surface area contributed by atoms with E-state index in [9.17, 15) is 0 Å². The van der Waals surface area contributed by atoms with E-state index < -0.39 is 0 Å². The molecule has 0 amide bonds. The molecule has 0 bridgehead atoms. The molecule has 0 aliphatic rings. The SMILES string of the molecule is C.COCCN.COCCN(C)CCOC(c1ccccc1)c1ccccc1.COCCN(CCOC(c1ccccc1)c1ccccc1)CCOC(c1ccccc1)c1ccccc1.COCCNCCOC(c1ccccc1)c1ccccc1.COCCNCCOC(c1ccccc1)c1ccccc1.ClCCOC(c1ccccc1)c1ccccc1.[B].[H-].[Na+]. The average Bonchev–Trinajstić information content (AvgIpc) is 0.883. The molecule has 0 heterocycles. The molecule has 667 valence electrons. The van der Waals surface area contributed by atoms with Crippen LogP contribution in [0.5, 0.6) is 0 Å². The average molecular weight is 1740 g/mol. The third-order valence-electron chi connectivity index (χ3n) is 19.4. The molecule has 4 N–H and O–H groups in total. The summed E-state index contributed by atoms with van der Waals surface area (Å²) in [5, 5.41) is 6.59. The van der Waals surface area contributed by atoms with Gasteiger partial charge in [-0.05, 0) is 73.8 Å². The van der Waals surface area contributed by atoms with E-state index in [2.05, 4.69) is 251 Å². The molecule has 126 heavy (non-hydrogen) atoms. The Hall–Kier alpha value is -8.65. The van der Waals surface area contributed by atoms with Crippen molar-refractivity contribution in [2.24, 2.45) is 5.73 Å². The van der Waals surface area contributed by atoms with Crippen molar-refractivity contribution in [3.05, 3.63) is 431 Å². The van der Waals surface area contributed by atoms with E-state index in [4.69, 9.17) is 64.7 Å². The molecular formula is C107H137BClN5NaO11. The number of nitrogens with zero attached hydrogens (tertiary/aromatic N) is 2. The molecule has 12 rings (SSSR count). The fourth-order valence-corrected chi connectivity index (χ4v) is 13.1. The monoisotopic (exact) mass is 1740 g/mol.